The van der Waals surface area contributed by atoms with E-state index in [4.69, 9.17) is 5.73 Å². The van der Waals surface area contributed by atoms with Crippen LogP contribution in [0.4, 0.5) is 10.1 Å². The Morgan fingerprint density at radius 3 is 2.30 bits per heavy atom. The van der Waals surface area contributed by atoms with Gasteiger partial charge in [-0.05, 0) is 44.0 Å². The van der Waals surface area contributed by atoms with Crippen molar-refractivity contribution in [2.75, 3.05) is 18.4 Å². The van der Waals surface area contributed by atoms with Gasteiger partial charge in [-0.15, -0.1) is 0 Å². The summed E-state index contributed by atoms with van der Waals surface area (Å²) in [5, 5.41) is 2.79. The van der Waals surface area contributed by atoms with Crippen molar-refractivity contribution in [3.05, 3.63) is 30.1 Å². The molecule has 1 aliphatic heterocycles. The van der Waals surface area contributed by atoms with Gasteiger partial charge in [-0.1, -0.05) is 6.92 Å². The largest absolute Gasteiger partial charge is 0.342 e. The highest BCUT2D eigenvalue weighted by Crippen LogP contribution is 2.21. The number of nitrogens with two attached hydrogens (primary N) is 1. The summed E-state index contributed by atoms with van der Waals surface area (Å²) in [5.41, 5.74) is 6.36. The molecule has 1 fully saturated rings. The van der Waals surface area contributed by atoms with Crippen molar-refractivity contribution in [3.63, 3.8) is 0 Å². The number of piperidine rings is 1. The second-order valence-corrected chi connectivity index (χ2v) is 6.24. The van der Waals surface area contributed by atoms with Gasteiger partial charge in [0.1, 0.15) is 5.82 Å². The number of carbonyl (C=O) groups excluding carboxylic acids is 2. The molecule has 0 saturated carbocycles. The first-order valence-corrected chi connectivity index (χ1v) is 7.99. The Balaban J connectivity index is 1.85. The Morgan fingerprint density at radius 2 is 1.78 bits per heavy atom. The van der Waals surface area contributed by atoms with Crippen LogP contribution >= 0.6 is 0 Å². The molecule has 0 spiro atoms. The molecule has 0 aromatic heterocycles. The van der Waals surface area contributed by atoms with Crippen LogP contribution in [0, 0.1) is 17.7 Å². The summed E-state index contributed by atoms with van der Waals surface area (Å²) >= 11 is 0. The van der Waals surface area contributed by atoms with E-state index in [1.165, 1.54) is 24.3 Å². The number of rotatable bonds is 4. The first kappa shape index (κ1) is 17.4. The summed E-state index contributed by atoms with van der Waals surface area (Å²) in [4.78, 5) is 26.3. The van der Waals surface area contributed by atoms with E-state index in [0.29, 0.717) is 31.6 Å². The van der Waals surface area contributed by atoms with E-state index >= 15 is 0 Å². The van der Waals surface area contributed by atoms with E-state index in [1.807, 2.05) is 13.8 Å². The highest BCUT2D eigenvalue weighted by Gasteiger charge is 2.30. The summed E-state index contributed by atoms with van der Waals surface area (Å²) in [6.45, 7) is 4.79. The molecule has 2 atom stereocenters. The molecule has 1 aromatic rings. The van der Waals surface area contributed by atoms with Crippen LogP contribution in [0.2, 0.25) is 0 Å². The normalized spacial score (nSPS) is 18.3. The predicted molar refractivity (Wildman–Crippen MR) is 87.1 cm³/mol. The first-order chi connectivity index (χ1) is 10.9. The van der Waals surface area contributed by atoms with Crippen LogP contribution in [0.25, 0.3) is 0 Å². The average molecular weight is 321 g/mol. The molecule has 0 bridgehead atoms. The molecule has 5 nitrogen and oxygen atoms in total. The van der Waals surface area contributed by atoms with Gasteiger partial charge < -0.3 is 16.0 Å². The fraction of sp³-hybridized carbons (Fsp3) is 0.529. The number of likely N-dealkylation sites (tertiary alicyclic amines) is 1. The van der Waals surface area contributed by atoms with Crippen molar-refractivity contribution in [1.82, 2.24) is 4.90 Å². The second-order valence-electron chi connectivity index (χ2n) is 6.24. The molecule has 1 aromatic carbocycles. The molecule has 2 rings (SSSR count). The van der Waals surface area contributed by atoms with Gasteiger partial charge in [0.15, 0.2) is 0 Å². The van der Waals surface area contributed by atoms with E-state index in [9.17, 15) is 14.0 Å². The Hall–Kier alpha value is -1.95. The number of halogens is 1. The molecule has 126 valence electrons. The second kappa shape index (κ2) is 7.55. The lowest BCUT2D eigenvalue weighted by Crippen LogP contribution is -2.46. The maximum absolute atomic E-state index is 12.9. The molecule has 0 radical (unpaired) electrons. The lowest BCUT2D eigenvalue weighted by Gasteiger charge is -2.33. The summed E-state index contributed by atoms with van der Waals surface area (Å²) < 4.78 is 12.9. The molecule has 23 heavy (non-hydrogen) atoms. The van der Waals surface area contributed by atoms with Gasteiger partial charge in [-0.25, -0.2) is 4.39 Å². The van der Waals surface area contributed by atoms with Crippen molar-refractivity contribution in [1.29, 1.82) is 0 Å². The molecule has 2 unspecified atom stereocenters. The number of carbonyl (C=O) groups is 2. The van der Waals surface area contributed by atoms with Crippen molar-refractivity contribution >= 4 is 17.5 Å². The number of hydrogen-bond donors (Lipinski definition) is 2. The minimum atomic E-state index is -0.335. The number of hydrogen-bond acceptors (Lipinski definition) is 3. The van der Waals surface area contributed by atoms with Gasteiger partial charge in [-0.3, -0.25) is 9.59 Å². The quantitative estimate of drug-likeness (QED) is 0.890. The van der Waals surface area contributed by atoms with E-state index in [-0.39, 0.29) is 35.5 Å². The summed E-state index contributed by atoms with van der Waals surface area (Å²) in [5.74, 6) is -0.700. The van der Waals surface area contributed by atoms with Crippen molar-refractivity contribution in [2.45, 2.75) is 32.7 Å². The SMILES string of the molecule is CC(N)C(C)C(=O)N1CCC(C(=O)Nc2ccc(F)cc2)CC1. The van der Waals surface area contributed by atoms with Crippen molar-refractivity contribution < 1.29 is 14.0 Å². The third-order valence-electron chi connectivity index (χ3n) is 4.47. The maximum Gasteiger partial charge on any atom is 0.227 e. The molecule has 1 saturated heterocycles. The lowest BCUT2D eigenvalue weighted by molar-refractivity contribution is -0.138. The van der Waals surface area contributed by atoms with Gasteiger partial charge in [-0.2, -0.15) is 0 Å². The molecule has 1 heterocycles. The minimum absolute atomic E-state index is 0.0531. The highest BCUT2D eigenvalue weighted by molar-refractivity contribution is 5.92. The van der Waals surface area contributed by atoms with Crippen LogP contribution in [-0.2, 0) is 9.59 Å². The monoisotopic (exact) mass is 321 g/mol. The fourth-order valence-corrected chi connectivity index (χ4v) is 2.65. The lowest BCUT2D eigenvalue weighted by atomic mass is 9.94. The molecule has 2 amide bonds. The Bertz CT molecular complexity index is 551. The first-order valence-electron chi connectivity index (χ1n) is 7.99. The number of nitrogens with one attached hydrogen (secondary N) is 1. The molecule has 1 aliphatic rings. The van der Waals surface area contributed by atoms with Crippen LogP contribution in [0.15, 0.2) is 24.3 Å². The number of nitrogens with zero attached hydrogens (tertiary/aromatic N) is 1. The van der Waals surface area contributed by atoms with Gasteiger partial charge in [0.25, 0.3) is 0 Å². The van der Waals surface area contributed by atoms with Gasteiger partial charge in [0.2, 0.25) is 11.8 Å². The summed E-state index contributed by atoms with van der Waals surface area (Å²) in [6.07, 6.45) is 1.26. The van der Waals surface area contributed by atoms with E-state index in [0.717, 1.165) is 0 Å². The van der Waals surface area contributed by atoms with Crippen LogP contribution in [-0.4, -0.2) is 35.8 Å². The summed E-state index contributed by atoms with van der Waals surface area (Å²) in [6, 6.07) is 5.52. The number of amides is 2. The zero-order valence-corrected chi connectivity index (χ0v) is 13.6. The highest BCUT2D eigenvalue weighted by atomic mass is 19.1. The minimum Gasteiger partial charge on any atom is -0.342 e. The van der Waals surface area contributed by atoms with Crippen molar-refractivity contribution in [2.24, 2.45) is 17.6 Å². The van der Waals surface area contributed by atoms with Crippen molar-refractivity contribution in [3.8, 4) is 0 Å². The van der Waals surface area contributed by atoms with Crippen LogP contribution in [0.1, 0.15) is 26.7 Å². The number of benzene rings is 1. The Morgan fingerprint density at radius 1 is 1.22 bits per heavy atom. The van der Waals surface area contributed by atoms with E-state index in [1.54, 1.807) is 4.90 Å². The third kappa shape index (κ3) is 4.51. The van der Waals surface area contributed by atoms with E-state index < -0.39 is 0 Å². The third-order valence-corrected chi connectivity index (χ3v) is 4.47. The maximum atomic E-state index is 12.9. The Kier molecular flexibility index (Phi) is 5.71. The molecule has 6 heteroatoms. The zero-order valence-electron chi connectivity index (χ0n) is 13.6. The standard InChI is InChI=1S/C17H24FN3O2/c1-11(12(2)19)17(23)21-9-7-13(8-10-21)16(22)20-15-5-3-14(18)4-6-15/h3-6,11-13H,7-10,19H2,1-2H3,(H,20,22). The van der Waals surface area contributed by atoms with Gasteiger partial charge in [0, 0.05) is 30.7 Å². The molecular formula is C17H24FN3O2. The average Bonchev–Trinajstić information content (AvgIpc) is 2.55. The number of anilines is 1. The van der Waals surface area contributed by atoms with Crippen LogP contribution in [0.3, 0.4) is 0 Å². The zero-order chi connectivity index (χ0) is 17.0. The van der Waals surface area contributed by atoms with E-state index in [2.05, 4.69) is 5.32 Å². The van der Waals surface area contributed by atoms with Crippen LogP contribution < -0.4 is 11.1 Å². The molecule has 3 N–H and O–H groups in total. The molecule has 0 aliphatic carbocycles. The van der Waals surface area contributed by atoms with Gasteiger partial charge in [0.05, 0.1) is 5.92 Å². The topological polar surface area (TPSA) is 75.4 Å². The predicted octanol–water partition coefficient (Wildman–Crippen LogP) is 1.99. The molecular weight excluding hydrogens is 297 g/mol. The Labute approximate surface area is 136 Å². The smallest absolute Gasteiger partial charge is 0.227 e. The summed E-state index contributed by atoms with van der Waals surface area (Å²) in [7, 11) is 0. The van der Waals surface area contributed by atoms with Crippen LogP contribution in [0.5, 0.6) is 0 Å². The fourth-order valence-electron chi connectivity index (χ4n) is 2.65. The van der Waals surface area contributed by atoms with Gasteiger partial charge >= 0.3 is 0 Å².